The zero-order chi connectivity index (χ0) is 8.36. The third-order valence-corrected chi connectivity index (χ3v) is 1.62. The fourth-order valence-corrected chi connectivity index (χ4v) is 0.946. The number of nitrogens with zero attached hydrogens (tertiary/aromatic N) is 1. The molecule has 0 unspecified atom stereocenters. The summed E-state index contributed by atoms with van der Waals surface area (Å²) in [5, 5.41) is 11.4. The van der Waals surface area contributed by atoms with E-state index in [0.29, 0.717) is 6.42 Å². The Morgan fingerprint density at radius 2 is 1.92 bits per heavy atom. The van der Waals surface area contributed by atoms with Gasteiger partial charge in [0.15, 0.2) is 0 Å². The van der Waals surface area contributed by atoms with E-state index in [1.54, 1.807) is 0 Å². The summed E-state index contributed by atoms with van der Waals surface area (Å²) in [6.07, 6.45) is 5.82. The zero-order valence-electron chi connectivity index (χ0n) is 7.81. The lowest BCUT2D eigenvalue weighted by molar-refractivity contribution is 0.602. The van der Waals surface area contributed by atoms with Crippen LogP contribution in [0.1, 0.15) is 39.0 Å². The first-order chi connectivity index (χ1) is 5.41. The van der Waals surface area contributed by atoms with Gasteiger partial charge in [-0.05, 0) is 13.0 Å². The van der Waals surface area contributed by atoms with Crippen molar-refractivity contribution in [2.75, 3.05) is 13.1 Å². The maximum absolute atomic E-state index is 8.22. The average molecular weight is 191 g/mol. The molecule has 0 radical (unpaired) electrons. The molecular weight excluding hydrogens is 172 g/mol. The molecule has 0 aliphatic carbocycles. The van der Waals surface area contributed by atoms with E-state index in [-0.39, 0.29) is 12.4 Å². The van der Waals surface area contributed by atoms with Crippen LogP contribution >= 0.6 is 12.4 Å². The van der Waals surface area contributed by atoms with Crippen molar-refractivity contribution in [2.24, 2.45) is 0 Å². The monoisotopic (exact) mass is 190 g/mol. The van der Waals surface area contributed by atoms with Crippen molar-refractivity contribution in [1.29, 1.82) is 5.26 Å². The molecule has 0 saturated carbocycles. The van der Waals surface area contributed by atoms with Gasteiger partial charge in [0, 0.05) is 13.0 Å². The number of rotatable bonds is 7. The highest BCUT2D eigenvalue weighted by Crippen LogP contribution is 1.96. The summed E-state index contributed by atoms with van der Waals surface area (Å²) >= 11 is 0. The molecule has 72 valence electrons. The van der Waals surface area contributed by atoms with Gasteiger partial charge in [0.1, 0.15) is 0 Å². The van der Waals surface area contributed by atoms with Crippen LogP contribution in [0.4, 0.5) is 0 Å². The topological polar surface area (TPSA) is 35.8 Å². The molecule has 0 heterocycles. The highest BCUT2D eigenvalue weighted by molar-refractivity contribution is 5.85. The molecule has 0 aliphatic heterocycles. The van der Waals surface area contributed by atoms with Gasteiger partial charge in [0.25, 0.3) is 0 Å². The minimum atomic E-state index is 0. The van der Waals surface area contributed by atoms with Crippen LogP contribution in [0.15, 0.2) is 0 Å². The third-order valence-electron chi connectivity index (χ3n) is 1.62. The molecule has 3 heteroatoms. The second-order valence-electron chi connectivity index (χ2n) is 2.72. The molecule has 0 atom stereocenters. The van der Waals surface area contributed by atoms with E-state index in [4.69, 9.17) is 5.26 Å². The van der Waals surface area contributed by atoms with E-state index < -0.39 is 0 Å². The van der Waals surface area contributed by atoms with Gasteiger partial charge in [-0.1, -0.05) is 26.2 Å². The standard InChI is InChI=1S/C9H18N2.ClH/c1-2-3-4-5-8-11-9-6-7-10;/h11H,2-6,8-9H2,1H3;1H. The minimum absolute atomic E-state index is 0. The van der Waals surface area contributed by atoms with E-state index in [1.165, 1.54) is 25.7 Å². The van der Waals surface area contributed by atoms with E-state index in [2.05, 4.69) is 18.3 Å². The highest BCUT2D eigenvalue weighted by atomic mass is 35.5. The molecule has 0 aromatic rings. The Hall–Kier alpha value is -0.260. The molecule has 0 fully saturated rings. The molecule has 0 bridgehead atoms. The smallest absolute Gasteiger partial charge is 0.0635 e. The Labute approximate surface area is 81.8 Å². The van der Waals surface area contributed by atoms with Crippen LogP contribution in [0, 0.1) is 11.3 Å². The van der Waals surface area contributed by atoms with Crippen molar-refractivity contribution >= 4 is 12.4 Å². The van der Waals surface area contributed by atoms with Crippen molar-refractivity contribution < 1.29 is 0 Å². The van der Waals surface area contributed by atoms with Crippen LogP contribution in [0.3, 0.4) is 0 Å². The second kappa shape index (κ2) is 13.3. The molecule has 1 N–H and O–H groups in total. The zero-order valence-corrected chi connectivity index (χ0v) is 8.62. The lowest BCUT2D eigenvalue weighted by atomic mass is 10.2. The van der Waals surface area contributed by atoms with Crippen molar-refractivity contribution in [2.45, 2.75) is 39.0 Å². The van der Waals surface area contributed by atoms with Crippen molar-refractivity contribution in [3.63, 3.8) is 0 Å². The van der Waals surface area contributed by atoms with Gasteiger partial charge in [-0.3, -0.25) is 0 Å². The quantitative estimate of drug-likeness (QED) is 0.627. The highest BCUT2D eigenvalue weighted by Gasteiger charge is 1.87. The number of unbranched alkanes of at least 4 members (excludes halogenated alkanes) is 3. The number of nitrogens with one attached hydrogen (secondary N) is 1. The first-order valence-corrected chi connectivity index (χ1v) is 4.49. The summed E-state index contributed by atoms with van der Waals surface area (Å²) in [5.41, 5.74) is 0. The number of nitriles is 1. The maximum Gasteiger partial charge on any atom is 0.0635 e. The fourth-order valence-electron chi connectivity index (χ4n) is 0.946. The normalized spacial score (nSPS) is 8.67. The molecule has 0 rings (SSSR count). The Morgan fingerprint density at radius 3 is 2.50 bits per heavy atom. The Kier molecular flexibility index (Phi) is 15.9. The number of hydrogen-bond acceptors (Lipinski definition) is 2. The molecule has 0 spiro atoms. The summed E-state index contributed by atoms with van der Waals surface area (Å²) in [6, 6.07) is 2.11. The van der Waals surface area contributed by atoms with E-state index >= 15 is 0 Å². The van der Waals surface area contributed by atoms with Gasteiger partial charge in [-0.15, -0.1) is 12.4 Å². The number of halogens is 1. The SMILES string of the molecule is CCCCCCNCCC#N.Cl. The van der Waals surface area contributed by atoms with E-state index in [0.717, 1.165) is 13.1 Å². The summed E-state index contributed by atoms with van der Waals surface area (Å²) in [6.45, 7) is 4.13. The van der Waals surface area contributed by atoms with Crippen LogP contribution in [-0.2, 0) is 0 Å². The largest absolute Gasteiger partial charge is 0.316 e. The lowest BCUT2D eigenvalue weighted by Gasteiger charge is -2.00. The summed E-state index contributed by atoms with van der Waals surface area (Å²) in [5.74, 6) is 0. The van der Waals surface area contributed by atoms with Crippen LogP contribution in [0.25, 0.3) is 0 Å². The van der Waals surface area contributed by atoms with Crippen molar-refractivity contribution in [1.82, 2.24) is 5.32 Å². The van der Waals surface area contributed by atoms with Gasteiger partial charge in [0.05, 0.1) is 6.07 Å². The lowest BCUT2D eigenvalue weighted by Crippen LogP contribution is -2.15. The average Bonchev–Trinajstić information content (AvgIpc) is 2.03. The van der Waals surface area contributed by atoms with Gasteiger partial charge >= 0.3 is 0 Å². The molecule has 2 nitrogen and oxygen atoms in total. The molecule has 12 heavy (non-hydrogen) atoms. The summed E-state index contributed by atoms with van der Waals surface area (Å²) in [4.78, 5) is 0. The minimum Gasteiger partial charge on any atom is -0.316 e. The van der Waals surface area contributed by atoms with Gasteiger partial charge in [-0.2, -0.15) is 5.26 Å². The molecule has 0 aromatic heterocycles. The molecule has 0 aliphatic rings. The van der Waals surface area contributed by atoms with E-state index in [9.17, 15) is 0 Å². The van der Waals surface area contributed by atoms with Crippen molar-refractivity contribution in [3.8, 4) is 6.07 Å². The summed E-state index contributed by atoms with van der Waals surface area (Å²) < 4.78 is 0. The van der Waals surface area contributed by atoms with Gasteiger partial charge in [-0.25, -0.2) is 0 Å². The molecular formula is C9H19ClN2. The van der Waals surface area contributed by atoms with Crippen LogP contribution in [0.5, 0.6) is 0 Å². The van der Waals surface area contributed by atoms with Crippen molar-refractivity contribution in [3.05, 3.63) is 0 Å². The predicted molar refractivity (Wildman–Crippen MR) is 54.5 cm³/mol. The molecule has 0 amide bonds. The first kappa shape index (κ1) is 14.3. The van der Waals surface area contributed by atoms with Crippen LogP contribution in [-0.4, -0.2) is 13.1 Å². The Morgan fingerprint density at radius 1 is 1.17 bits per heavy atom. The van der Waals surface area contributed by atoms with Gasteiger partial charge < -0.3 is 5.32 Å². The molecule has 0 saturated heterocycles. The van der Waals surface area contributed by atoms with Crippen LogP contribution in [0.2, 0.25) is 0 Å². The van der Waals surface area contributed by atoms with E-state index in [1.807, 2.05) is 0 Å². The third kappa shape index (κ3) is 12.4. The Bertz CT molecular complexity index is 110. The first-order valence-electron chi connectivity index (χ1n) is 4.49. The summed E-state index contributed by atoms with van der Waals surface area (Å²) in [7, 11) is 0. The second-order valence-corrected chi connectivity index (χ2v) is 2.72. The molecule has 0 aromatic carbocycles. The van der Waals surface area contributed by atoms with Gasteiger partial charge in [0.2, 0.25) is 0 Å². The number of hydrogen-bond donors (Lipinski definition) is 1. The predicted octanol–water partition coefficient (Wildman–Crippen LogP) is 2.49. The maximum atomic E-state index is 8.22. The fraction of sp³-hybridized carbons (Fsp3) is 0.889. The Balaban J connectivity index is 0. The van der Waals surface area contributed by atoms with Crippen LogP contribution < -0.4 is 5.32 Å².